The highest BCUT2D eigenvalue weighted by Gasteiger charge is 2.38. The lowest BCUT2D eigenvalue weighted by Crippen LogP contribution is -2.43. The van der Waals surface area contributed by atoms with Crippen LogP contribution < -0.4 is 5.32 Å². The second kappa shape index (κ2) is 5.62. The zero-order chi connectivity index (χ0) is 14.9. The van der Waals surface area contributed by atoms with Gasteiger partial charge in [-0.2, -0.15) is 0 Å². The minimum atomic E-state index is -0.450. The van der Waals surface area contributed by atoms with Gasteiger partial charge in [0.15, 0.2) is 0 Å². The van der Waals surface area contributed by atoms with Gasteiger partial charge in [-0.1, -0.05) is 0 Å². The number of hydrogen-bond acceptors (Lipinski definition) is 3. The van der Waals surface area contributed by atoms with Crippen LogP contribution in [0, 0.1) is 11.8 Å². The minimum absolute atomic E-state index is 0.130. The summed E-state index contributed by atoms with van der Waals surface area (Å²) in [6.45, 7) is 9.06. The average molecular weight is 282 g/mol. The first-order valence-electron chi connectivity index (χ1n) is 7.54. The Morgan fingerprint density at radius 1 is 1.30 bits per heavy atom. The van der Waals surface area contributed by atoms with Crippen LogP contribution in [0.3, 0.4) is 0 Å². The highest BCUT2D eigenvalue weighted by molar-refractivity contribution is 5.81. The highest BCUT2D eigenvalue weighted by atomic mass is 16.6. The smallest absolute Gasteiger partial charge is 0.410 e. The largest absolute Gasteiger partial charge is 0.444 e. The van der Waals surface area contributed by atoms with Crippen molar-refractivity contribution in [1.82, 2.24) is 10.2 Å². The predicted molar refractivity (Wildman–Crippen MR) is 76.2 cm³/mol. The van der Waals surface area contributed by atoms with Crippen molar-refractivity contribution in [2.24, 2.45) is 11.8 Å². The molecule has 0 spiro atoms. The summed E-state index contributed by atoms with van der Waals surface area (Å²) in [5.41, 5.74) is -0.450. The molecule has 2 aliphatic rings. The molecule has 0 aromatic carbocycles. The minimum Gasteiger partial charge on any atom is -0.444 e. The Hall–Kier alpha value is -1.26. The number of likely N-dealkylation sites (tertiary alicyclic amines) is 1. The number of ether oxygens (including phenoxy) is 1. The molecule has 1 N–H and O–H groups in total. The molecular weight excluding hydrogens is 256 g/mol. The second-order valence-corrected chi connectivity index (χ2v) is 7.06. The number of carbonyl (C=O) groups is 2. The van der Waals surface area contributed by atoms with Gasteiger partial charge in [0.25, 0.3) is 0 Å². The van der Waals surface area contributed by atoms with Gasteiger partial charge >= 0.3 is 6.09 Å². The molecule has 114 valence electrons. The van der Waals surface area contributed by atoms with Gasteiger partial charge in [0.1, 0.15) is 5.60 Å². The molecule has 2 heterocycles. The van der Waals surface area contributed by atoms with E-state index in [4.69, 9.17) is 4.74 Å². The third kappa shape index (κ3) is 3.64. The first-order chi connectivity index (χ1) is 9.26. The summed E-state index contributed by atoms with van der Waals surface area (Å²) in [5.74, 6) is 0.720. The number of hydrogen-bond donors (Lipinski definition) is 1. The van der Waals surface area contributed by atoms with Gasteiger partial charge in [-0.25, -0.2) is 4.79 Å². The standard InChI is InChI=1S/C15H26N2O3/c1-10-9-12(13(18)16-10)11-5-7-17(8-6-11)14(19)20-15(2,3)4/h10-12H,5-9H2,1-4H3,(H,16,18). The number of amides is 2. The summed E-state index contributed by atoms with van der Waals surface area (Å²) >= 11 is 0. The van der Waals surface area contributed by atoms with Crippen LogP contribution >= 0.6 is 0 Å². The number of rotatable bonds is 1. The van der Waals surface area contributed by atoms with Gasteiger partial charge in [0.05, 0.1) is 0 Å². The lowest BCUT2D eigenvalue weighted by atomic mass is 9.82. The average Bonchev–Trinajstić information content (AvgIpc) is 2.66. The molecule has 0 bridgehead atoms. The lowest BCUT2D eigenvalue weighted by molar-refractivity contribution is -0.124. The number of nitrogens with one attached hydrogen (secondary N) is 1. The fraction of sp³-hybridized carbons (Fsp3) is 0.867. The van der Waals surface area contributed by atoms with E-state index in [9.17, 15) is 9.59 Å². The maximum Gasteiger partial charge on any atom is 0.410 e. The molecule has 2 aliphatic heterocycles. The molecule has 0 saturated carbocycles. The summed E-state index contributed by atoms with van der Waals surface area (Å²) in [5, 5.41) is 2.98. The van der Waals surface area contributed by atoms with Crippen molar-refractivity contribution >= 4 is 12.0 Å². The summed E-state index contributed by atoms with van der Waals surface area (Å²) in [4.78, 5) is 25.6. The first-order valence-corrected chi connectivity index (χ1v) is 7.54. The molecule has 5 nitrogen and oxygen atoms in total. The first kappa shape index (κ1) is 15.1. The Kier molecular flexibility index (Phi) is 4.25. The van der Waals surface area contributed by atoms with Crippen molar-refractivity contribution in [3.05, 3.63) is 0 Å². The van der Waals surface area contributed by atoms with Crippen molar-refractivity contribution in [2.45, 2.75) is 58.6 Å². The van der Waals surface area contributed by atoms with Gasteiger partial charge in [0, 0.05) is 25.0 Å². The summed E-state index contributed by atoms with van der Waals surface area (Å²) in [6.07, 6.45) is 2.48. The van der Waals surface area contributed by atoms with Crippen LogP contribution in [0.1, 0.15) is 47.0 Å². The molecule has 5 heteroatoms. The van der Waals surface area contributed by atoms with E-state index in [0.717, 1.165) is 19.3 Å². The summed E-state index contributed by atoms with van der Waals surface area (Å²) in [7, 11) is 0. The maximum atomic E-state index is 12.0. The zero-order valence-corrected chi connectivity index (χ0v) is 12.9. The van der Waals surface area contributed by atoms with Gasteiger partial charge in [-0.05, 0) is 52.9 Å². The van der Waals surface area contributed by atoms with Gasteiger partial charge in [-0.15, -0.1) is 0 Å². The molecule has 2 saturated heterocycles. The monoisotopic (exact) mass is 282 g/mol. The normalized spacial score (nSPS) is 28.4. The van der Waals surface area contributed by atoms with E-state index in [1.54, 1.807) is 4.90 Å². The molecule has 2 atom stereocenters. The van der Waals surface area contributed by atoms with Gasteiger partial charge in [-0.3, -0.25) is 4.79 Å². The number of piperidine rings is 1. The Bertz CT molecular complexity index is 381. The van der Waals surface area contributed by atoms with E-state index >= 15 is 0 Å². The van der Waals surface area contributed by atoms with Crippen LogP contribution in [0.2, 0.25) is 0 Å². The van der Waals surface area contributed by atoms with E-state index in [0.29, 0.717) is 19.0 Å². The Balaban J connectivity index is 1.83. The zero-order valence-electron chi connectivity index (χ0n) is 12.9. The molecule has 0 aromatic rings. The van der Waals surface area contributed by atoms with Crippen LogP contribution in [0.4, 0.5) is 4.79 Å². The number of nitrogens with zero attached hydrogens (tertiary/aromatic N) is 1. The third-order valence-electron chi connectivity index (χ3n) is 4.09. The summed E-state index contributed by atoms with van der Waals surface area (Å²) in [6, 6.07) is 0.288. The van der Waals surface area contributed by atoms with E-state index < -0.39 is 5.60 Å². The molecule has 0 aromatic heterocycles. The van der Waals surface area contributed by atoms with Crippen molar-refractivity contribution < 1.29 is 14.3 Å². The molecule has 2 unspecified atom stereocenters. The maximum absolute atomic E-state index is 12.0. The van der Waals surface area contributed by atoms with Crippen LogP contribution in [0.15, 0.2) is 0 Å². The van der Waals surface area contributed by atoms with E-state index in [-0.39, 0.29) is 24.0 Å². The Morgan fingerprint density at radius 2 is 1.90 bits per heavy atom. The van der Waals surface area contributed by atoms with Gasteiger partial charge in [0.2, 0.25) is 5.91 Å². The molecule has 2 fully saturated rings. The van der Waals surface area contributed by atoms with E-state index in [1.165, 1.54) is 0 Å². The molecule has 20 heavy (non-hydrogen) atoms. The van der Waals surface area contributed by atoms with E-state index in [1.807, 2.05) is 27.7 Å². The quantitative estimate of drug-likeness (QED) is 0.801. The van der Waals surface area contributed by atoms with Crippen molar-refractivity contribution in [1.29, 1.82) is 0 Å². The Morgan fingerprint density at radius 3 is 2.35 bits per heavy atom. The fourth-order valence-electron chi connectivity index (χ4n) is 3.11. The van der Waals surface area contributed by atoms with Crippen molar-refractivity contribution in [3.8, 4) is 0 Å². The second-order valence-electron chi connectivity index (χ2n) is 7.06. The molecule has 0 aliphatic carbocycles. The molecule has 0 radical (unpaired) electrons. The van der Waals surface area contributed by atoms with Crippen LogP contribution in [-0.4, -0.2) is 41.6 Å². The van der Waals surface area contributed by atoms with Gasteiger partial charge < -0.3 is 15.0 Å². The Labute approximate surface area is 121 Å². The molecule has 2 rings (SSSR count). The third-order valence-corrected chi connectivity index (χ3v) is 4.09. The highest BCUT2D eigenvalue weighted by Crippen LogP contribution is 2.32. The van der Waals surface area contributed by atoms with E-state index in [2.05, 4.69) is 5.32 Å². The van der Waals surface area contributed by atoms with Crippen molar-refractivity contribution in [3.63, 3.8) is 0 Å². The molecule has 2 amide bonds. The lowest BCUT2D eigenvalue weighted by Gasteiger charge is -2.35. The van der Waals surface area contributed by atoms with Crippen LogP contribution in [-0.2, 0) is 9.53 Å². The van der Waals surface area contributed by atoms with Crippen LogP contribution in [0.5, 0.6) is 0 Å². The predicted octanol–water partition coefficient (Wildman–Crippen LogP) is 2.16. The van der Waals surface area contributed by atoms with Crippen LogP contribution in [0.25, 0.3) is 0 Å². The SMILES string of the molecule is CC1CC(C2CCN(C(=O)OC(C)(C)C)CC2)C(=O)N1. The van der Waals surface area contributed by atoms with Crippen molar-refractivity contribution in [2.75, 3.05) is 13.1 Å². The number of carbonyl (C=O) groups excluding carboxylic acids is 2. The summed E-state index contributed by atoms with van der Waals surface area (Å²) < 4.78 is 5.38. The molecular formula is C15H26N2O3. The topological polar surface area (TPSA) is 58.6 Å². The fourth-order valence-corrected chi connectivity index (χ4v) is 3.11.